The van der Waals surface area contributed by atoms with E-state index in [-0.39, 0.29) is 0 Å². The van der Waals surface area contributed by atoms with E-state index in [0.717, 1.165) is 23.7 Å². The van der Waals surface area contributed by atoms with Gasteiger partial charge in [-0.3, -0.25) is 0 Å². The van der Waals surface area contributed by atoms with Gasteiger partial charge in [0.05, 0.1) is 0 Å². The molecule has 0 saturated heterocycles. The van der Waals surface area contributed by atoms with E-state index in [2.05, 4.69) is 56.4 Å². The molecule has 2 fully saturated rings. The molecule has 4 atom stereocenters. The predicted octanol–water partition coefficient (Wildman–Crippen LogP) is 2.63. The molecular weight excluding hydrogens is 156 g/mol. The summed E-state index contributed by atoms with van der Waals surface area (Å²) in [6.07, 6.45) is 20.3. The van der Waals surface area contributed by atoms with Crippen molar-refractivity contribution in [3.05, 3.63) is 56.4 Å². The molecule has 3 aliphatic carbocycles. The molecule has 0 N–H and O–H groups in total. The Bertz CT molecular complexity index is 223. The molecule has 65 valence electrons. The Hall–Kier alpha value is -0.520. The first-order valence-electron chi connectivity index (χ1n) is 5.00. The molecule has 0 nitrogen and oxygen atoms in total. The molecule has 0 aromatic carbocycles. The van der Waals surface area contributed by atoms with Gasteiger partial charge in [0.2, 0.25) is 0 Å². The van der Waals surface area contributed by atoms with Gasteiger partial charge in [-0.05, 0) is 55.8 Å². The standard InChI is InChI=1S/C13H13/c1-2-6-10-11(7-3-1)13-9-5-4-8-12(10)13/h1-13H. The highest BCUT2D eigenvalue weighted by Crippen LogP contribution is 2.53. The first-order valence-corrected chi connectivity index (χ1v) is 5.00. The van der Waals surface area contributed by atoms with E-state index in [9.17, 15) is 0 Å². The zero-order valence-corrected chi connectivity index (χ0v) is 7.51. The van der Waals surface area contributed by atoms with Crippen LogP contribution in [0.2, 0.25) is 0 Å². The summed E-state index contributed by atoms with van der Waals surface area (Å²) in [5.74, 6) is 3.03. The van der Waals surface area contributed by atoms with Gasteiger partial charge in [-0.2, -0.15) is 0 Å². The quantitative estimate of drug-likeness (QED) is 0.523. The van der Waals surface area contributed by atoms with Crippen LogP contribution in [-0.2, 0) is 0 Å². The minimum Gasteiger partial charge on any atom is -0.0805 e. The van der Waals surface area contributed by atoms with Gasteiger partial charge in [0.15, 0.2) is 0 Å². The van der Waals surface area contributed by atoms with Crippen LogP contribution >= 0.6 is 0 Å². The van der Waals surface area contributed by atoms with Crippen molar-refractivity contribution < 1.29 is 0 Å². The van der Waals surface area contributed by atoms with Crippen LogP contribution in [0, 0.1) is 55.8 Å². The van der Waals surface area contributed by atoms with Gasteiger partial charge in [0.25, 0.3) is 0 Å². The molecule has 0 aromatic rings. The number of allylic oxidation sites excluding steroid dienone is 4. The van der Waals surface area contributed by atoms with E-state index >= 15 is 0 Å². The second-order valence-electron chi connectivity index (χ2n) is 4.04. The summed E-state index contributed by atoms with van der Waals surface area (Å²) in [6.45, 7) is 0. The highest BCUT2D eigenvalue weighted by atomic mass is 14.5. The minimum atomic E-state index is 0.751. The lowest BCUT2D eigenvalue weighted by atomic mass is 9.54. The van der Waals surface area contributed by atoms with Gasteiger partial charge in [-0.1, -0.05) is 24.3 Å². The van der Waals surface area contributed by atoms with Crippen LogP contribution in [-0.4, -0.2) is 0 Å². The van der Waals surface area contributed by atoms with Gasteiger partial charge in [-0.15, -0.1) is 0 Å². The summed E-state index contributed by atoms with van der Waals surface area (Å²) in [4.78, 5) is 0. The van der Waals surface area contributed by atoms with Crippen LogP contribution in [0.3, 0.4) is 0 Å². The minimum absolute atomic E-state index is 0.751. The summed E-state index contributed by atoms with van der Waals surface area (Å²) in [5.41, 5.74) is 0. The fourth-order valence-corrected chi connectivity index (χ4v) is 2.74. The van der Waals surface area contributed by atoms with Crippen molar-refractivity contribution in [3.8, 4) is 0 Å². The van der Waals surface area contributed by atoms with Gasteiger partial charge in [-0.25, -0.2) is 0 Å². The molecule has 13 heavy (non-hydrogen) atoms. The molecule has 2 saturated carbocycles. The molecule has 3 rings (SSSR count). The Kier molecular flexibility index (Phi) is 1.81. The van der Waals surface area contributed by atoms with Crippen LogP contribution < -0.4 is 0 Å². The molecule has 0 heterocycles. The second-order valence-corrected chi connectivity index (χ2v) is 4.04. The number of hydrogen-bond acceptors (Lipinski definition) is 0. The average Bonchev–Trinajstić information content (AvgIpc) is 2.37. The van der Waals surface area contributed by atoms with Crippen LogP contribution in [0.5, 0.6) is 0 Å². The lowest BCUT2D eigenvalue weighted by molar-refractivity contribution is 0.101. The van der Waals surface area contributed by atoms with Crippen molar-refractivity contribution in [2.45, 2.75) is 0 Å². The van der Waals surface area contributed by atoms with Gasteiger partial charge < -0.3 is 0 Å². The van der Waals surface area contributed by atoms with Crippen molar-refractivity contribution in [1.82, 2.24) is 0 Å². The van der Waals surface area contributed by atoms with E-state index in [4.69, 9.17) is 0 Å². The smallest absolute Gasteiger partial charge is 0.0130 e. The molecule has 0 heteroatoms. The molecule has 3 aliphatic rings. The van der Waals surface area contributed by atoms with Gasteiger partial charge >= 0.3 is 0 Å². The van der Waals surface area contributed by atoms with Crippen molar-refractivity contribution in [2.75, 3.05) is 0 Å². The van der Waals surface area contributed by atoms with Crippen LogP contribution in [0.15, 0.2) is 24.3 Å². The van der Waals surface area contributed by atoms with Crippen molar-refractivity contribution in [3.63, 3.8) is 0 Å². The zero-order valence-electron chi connectivity index (χ0n) is 7.51. The van der Waals surface area contributed by atoms with Crippen LogP contribution in [0.1, 0.15) is 0 Å². The molecule has 0 amide bonds. The first kappa shape index (κ1) is 7.84. The Morgan fingerprint density at radius 1 is 0.538 bits per heavy atom. The molecule has 0 aliphatic heterocycles. The normalized spacial score (nSPS) is 47.4. The van der Waals surface area contributed by atoms with Crippen molar-refractivity contribution >= 4 is 0 Å². The van der Waals surface area contributed by atoms with E-state index in [1.807, 2.05) is 0 Å². The monoisotopic (exact) mass is 169 g/mol. The number of fused-ring (bicyclic) bond motifs is 4. The summed E-state index contributed by atoms with van der Waals surface area (Å²) in [5, 5.41) is 0. The maximum Gasteiger partial charge on any atom is -0.0130 e. The predicted molar refractivity (Wildman–Crippen MR) is 53.7 cm³/mol. The van der Waals surface area contributed by atoms with Gasteiger partial charge in [0.1, 0.15) is 0 Å². The lowest BCUT2D eigenvalue weighted by Gasteiger charge is -2.50. The van der Waals surface area contributed by atoms with Crippen molar-refractivity contribution in [2.24, 2.45) is 23.7 Å². The fraction of sp³-hybridized carbons (Fsp3) is 0.308. The second kappa shape index (κ2) is 3.01. The third-order valence-electron chi connectivity index (χ3n) is 3.44. The van der Waals surface area contributed by atoms with Crippen molar-refractivity contribution in [1.29, 1.82) is 0 Å². The SMILES string of the molecule is [CH]1[CH][CH]C2C([CH][CH]1)C1C=CC=CC21. The van der Waals surface area contributed by atoms with Crippen LogP contribution in [0.4, 0.5) is 0 Å². The molecule has 0 bridgehead atoms. The third kappa shape index (κ3) is 1.11. The van der Waals surface area contributed by atoms with E-state index in [1.165, 1.54) is 0 Å². The molecule has 4 unspecified atom stereocenters. The lowest BCUT2D eigenvalue weighted by Crippen LogP contribution is -2.45. The van der Waals surface area contributed by atoms with E-state index in [1.54, 1.807) is 0 Å². The number of rotatable bonds is 0. The van der Waals surface area contributed by atoms with Gasteiger partial charge in [0, 0.05) is 0 Å². The summed E-state index contributed by atoms with van der Waals surface area (Å²) in [6, 6.07) is 0. The maximum absolute atomic E-state index is 2.36. The van der Waals surface area contributed by atoms with E-state index < -0.39 is 0 Å². The summed E-state index contributed by atoms with van der Waals surface area (Å²) >= 11 is 0. The number of hydrogen-bond donors (Lipinski definition) is 0. The van der Waals surface area contributed by atoms with Crippen LogP contribution in [0.25, 0.3) is 0 Å². The first-order chi connectivity index (χ1) is 6.47. The Labute approximate surface area is 80.7 Å². The molecule has 5 radical (unpaired) electrons. The highest BCUT2D eigenvalue weighted by molar-refractivity contribution is 5.31. The molecule has 0 aromatic heterocycles. The average molecular weight is 169 g/mol. The summed E-state index contributed by atoms with van der Waals surface area (Å²) in [7, 11) is 0. The molecular formula is C13H13. The van der Waals surface area contributed by atoms with E-state index in [0.29, 0.717) is 0 Å². The topological polar surface area (TPSA) is 0 Å². The third-order valence-corrected chi connectivity index (χ3v) is 3.44. The Balaban J connectivity index is 1.80. The molecule has 0 spiro atoms. The Morgan fingerprint density at radius 3 is 1.62 bits per heavy atom. The largest absolute Gasteiger partial charge is 0.0805 e. The highest BCUT2D eigenvalue weighted by Gasteiger charge is 2.47. The summed E-state index contributed by atoms with van der Waals surface area (Å²) < 4.78 is 0. The Morgan fingerprint density at radius 2 is 1.08 bits per heavy atom. The maximum atomic E-state index is 2.36. The fourth-order valence-electron chi connectivity index (χ4n) is 2.74. The zero-order chi connectivity index (χ0) is 8.67.